The van der Waals surface area contributed by atoms with Crippen molar-refractivity contribution in [2.24, 2.45) is 0 Å². The summed E-state index contributed by atoms with van der Waals surface area (Å²) in [6, 6.07) is 12.5. The number of ether oxygens (including phenoxy) is 1. The third kappa shape index (κ3) is 3.67. The molecule has 0 aromatic heterocycles. The highest BCUT2D eigenvalue weighted by atomic mass is 16.5. The molecule has 0 spiro atoms. The maximum Gasteiger partial charge on any atom is 0.124 e. The topological polar surface area (TPSA) is 61.7 Å². The summed E-state index contributed by atoms with van der Waals surface area (Å²) >= 11 is 0. The van der Waals surface area contributed by atoms with Gasteiger partial charge in [-0.05, 0) is 37.1 Å². The summed E-state index contributed by atoms with van der Waals surface area (Å²) in [5, 5.41) is 23.2. The van der Waals surface area contributed by atoms with E-state index in [-0.39, 0.29) is 17.5 Å². The van der Waals surface area contributed by atoms with Crippen molar-refractivity contribution in [3.05, 3.63) is 53.6 Å². The lowest BCUT2D eigenvalue weighted by Gasteiger charge is -2.20. The summed E-state index contributed by atoms with van der Waals surface area (Å²) in [4.78, 5) is 0. The summed E-state index contributed by atoms with van der Waals surface area (Å²) in [5.41, 5.74) is 2.62. The summed E-state index contributed by atoms with van der Waals surface area (Å²) in [6.45, 7) is 2.55. The van der Waals surface area contributed by atoms with Gasteiger partial charge in [0.25, 0.3) is 0 Å². The highest BCUT2D eigenvalue weighted by molar-refractivity contribution is 5.55. The molecule has 0 amide bonds. The molecule has 2 aromatic carbocycles. The monoisotopic (exact) mass is 287 g/mol. The Kier molecular flexibility index (Phi) is 5.06. The van der Waals surface area contributed by atoms with Crippen molar-refractivity contribution < 1.29 is 14.9 Å². The first-order chi connectivity index (χ1) is 10.1. The van der Waals surface area contributed by atoms with E-state index in [1.54, 1.807) is 25.3 Å². The Balaban J connectivity index is 2.21. The van der Waals surface area contributed by atoms with E-state index in [2.05, 4.69) is 5.32 Å². The number of phenolic OH excluding ortho intramolecular Hbond substituents is 2. The van der Waals surface area contributed by atoms with E-state index in [0.29, 0.717) is 12.2 Å². The first-order valence-corrected chi connectivity index (χ1v) is 6.97. The minimum atomic E-state index is -0.213. The number of methoxy groups -OCH3 is 1. The molecule has 0 aliphatic carbocycles. The molecule has 0 bridgehead atoms. The molecule has 1 atom stereocenters. The smallest absolute Gasteiger partial charge is 0.124 e. The van der Waals surface area contributed by atoms with Crippen LogP contribution in [0.4, 0.5) is 5.69 Å². The lowest BCUT2D eigenvalue weighted by Crippen LogP contribution is -2.09. The minimum absolute atomic E-state index is 0.0874. The largest absolute Gasteiger partial charge is 0.507 e. The molecule has 21 heavy (non-hydrogen) atoms. The Morgan fingerprint density at radius 1 is 1.05 bits per heavy atom. The van der Waals surface area contributed by atoms with Crippen molar-refractivity contribution in [1.29, 1.82) is 0 Å². The van der Waals surface area contributed by atoms with Crippen LogP contribution in [0.25, 0.3) is 0 Å². The van der Waals surface area contributed by atoms with Crippen molar-refractivity contribution in [2.75, 3.05) is 19.0 Å². The van der Waals surface area contributed by atoms with Crippen LogP contribution in [0.3, 0.4) is 0 Å². The Morgan fingerprint density at radius 2 is 1.71 bits per heavy atom. The zero-order valence-electron chi connectivity index (χ0n) is 12.3. The number of phenols is 2. The van der Waals surface area contributed by atoms with Gasteiger partial charge in [0.15, 0.2) is 0 Å². The number of benzene rings is 2. The second kappa shape index (κ2) is 6.99. The summed E-state index contributed by atoms with van der Waals surface area (Å²) in [7, 11) is 1.68. The average Bonchev–Trinajstić information content (AvgIpc) is 2.46. The van der Waals surface area contributed by atoms with Gasteiger partial charge in [-0.3, -0.25) is 0 Å². The maximum atomic E-state index is 9.93. The fourth-order valence-electron chi connectivity index (χ4n) is 2.38. The van der Waals surface area contributed by atoms with Gasteiger partial charge in [0.2, 0.25) is 0 Å². The van der Waals surface area contributed by atoms with Gasteiger partial charge >= 0.3 is 0 Å². The molecule has 0 aliphatic rings. The van der Waals surface area contributed by atoms with Crippen molar-refractivity contribution >= 4 is 5.69 Å². The Hall–Kier alpha value is -2.20. The molecule has 0 saturated carbocycles. The molecule has 2 aromatic rings. The van der Waals surface area contributed by atoms with Gasteiger partial charge < -0.3 is 20.3 Å². The summed E-state index contributed by atoms with van der Waals surface area (Å²) < 4.78 is 5.12. The van der Waals surface area contributed by atoms with Crippen LogP contribution in [-0.4, -0.2) is 23.9 Å². The molecule has 1 unspecified atom stereocenters. The zero-order chi connectivity index (χ0) is 15.2. The lowest BCUT2D eigenvalue weighted by atomic mass is 10.0. The van der Waals surface area contributed by atoms with Crippen molar-refractivity contribution in [3.63, 3.8) is 0 Å². The standard InChI is InChI=1S/C17H21NO3/c1-12(17-15(19)8-5-9-16(17)20)18-14-7-4-3-6-13(14)10-11-21-2/h3-9,12,18-20H,10-11H2,1-2H3. The molecule has 3 N–H and O–H groups in total. The second-order valence-corrected chi connectivity index (χ2v) is 4.98. The Morgan fingerprint density at radius 3 is 2.38 bits per heavy atom. The molecule has 4 heteroatoms. The molecule has 0 heterocycles. The highest BCUT2D eigenvalue weighted by Gasteiger charge is 2.15. The van der Waals surface area contributed by atoms with Gasteiger partial charge in [-0.15, -0.1) is 0 Å². The lowest BCUT2D eigenvalue weighted by molar-refractivity contribution is 0.202. The zero-order valence-corrected chi connectivity index (χ0v) is 12.3. The van der Waals surface area contributed by atoms with E-state index >= 15 is 0 Å². The predicted octanol–water partition coefficient (Wildman–Crippen LogP) is 3.46. The number of aromatic hydroxyl groups is 2. The molecule has 0 radical (unpaired) electrons. The Bertz CT molecular complexity index is 578. The van der Waals surface area contributed by atoms with Gasteiger partial charge in [-0.1, -0.05) is 24.3 Å². The van der Waals surface area contributed by atoms with Gasteiger partial charge in [0.05, 0.1) is 18.2 Å². The molecular weight excluding hydrogens is 266 g/mol. The van der Waals surface area contributed by atoms with Crippen molar-refractivity contribution in [1.82, 2.24) is 0 Å². The first-order valence-electron chi connectivity index (χ1n) is 6.97. The van der Waals surface area contributed by atoms with Gasteiger partial charge in [0, 0.05) is 12.8 Å². The van der Waals surface area contributed by atoms with Gasteiger partial charge in [0.1, 0.15) is 11.5 Å². The highest BCUT2D eigenvalue weighted by Crippen LogP contribution is 2.34. The number of rotatable bonds is 6. The predicted molar refractivity (Wildman–Crippen MR) is 83.8 cm³/mol. The maximum absolute atomic E-state index is 9.93. The van der Waals surface area contributed by atoms with Crippen LogP contribution < -0.4 is 5.32 Å². The van der Waals surface area contributed by atoms with Gasteiger partial charge in [-0.2, -0.15) is 0 Å². The summed E-state index contributed by atoms with van der Waals surface area (Å²) in [6.07, 6.45) is 0.805. The van der Waals surface area contributed by atoms with Crippen molar-refractivity contribution in [2.45, 2.75) is 19.4 Å². The third-order valence-corrected chi connectivity index (χ3v) is 3.46. The molecule has 2 rings (SSSR count). The normalized spacial score (nSPS) is 12.1. The van der Waals surface area contributed by atoms with E-state index in [4.69, 9.17) is 4.74 Å². The molecule has 0 aliphatic heterocycles. The number of anilines is 1. The van der Waals surface area contributed by atoms with Crippen LogP contribution in [0.15, 0.2) is 42.5 Å². The average molecular weight is 287 g/mol. The number of hydrogen-bond donors (Lipinski definition) is 3. The molecular formula is C17H21NO3. The van der Waals surface area contributed by atoms with Crippen molar-refractivity contribution in [3.8, 4) is 11.5 Å². The number of nitrogens with one attached hydrogen (secondary N) is 1. The number of hydrogen-bond acceptors (Lipinski definition) is 4. The van der Waals surface area contributed by atoms with Crippen LogP contribution in [0.2, 0.25) is 0 Å². The van der Waals surface area contributed by atoms with E-state index in [1.807, 2.05) is 31.2 Å². The van der Waals surface area contributed by atoms with E-state index < -0.39 is 0 Å². The SMILES string of the molecule is COCCc1ccccc1NC(C)c1c(O)cccc1O. The van der Waals surface area contributed by atoms with Gasteiger partial charge in [-0.25, -0.2) is 0 Å². The van der Waals surface area contributed by atoms with Crippen LogP contribution in [0.1, 0.15) is 24.1 Å². The minimum Gasteiger partial charge on any atom is -0.507 e. The first kappa shape index (κ1) is 15.2. The fourth-order valence-corrected chi connectivity index (χ4v) is 2.38. The third-order valence-electron chi connectivity index (χ3n) is 3.46. The van der Waals surface area contributed by atoms with Crippen LogP contribution in [0.5, 0.6) is 11.5 Å². The quantitative estimate of drug-likeness (QED) is 0.761. The van der Waals surface area contributed by atoms with Crippen LogP contribution >= 0.6 is 0 Å². The summed E-state index contributed by atoms with van der Waals surface area (Å²) in [5.74, 6) is 0.175. The van der Waals surface area contributed by atoms with Crippen LogP contribution in [-0.2, 0) is 11.2 Å². The molecule has 0 fully saturated rings. The molecule has 112 valence electrons. The Labute approximate surface area is 125 Å². The van der Waals surface area contributed by atoms with E-state index in [1.165, 1.54) is 0 Å². The fraction of sp³-hybridized carbons (Fsp3) is 0.294. The second-order valence-electron chi connectivity index (χ2n) is 4.98. The number of para-hydroxylation sites is 1. The molecule has 4 nitrogen and oxygen atoms in total. The van der Waals surface area contributed by atoms with Crippen LogP contribution in [0, 0.1) is 0 Å². The van der Waals surface area contributed by atoms with E-state index in [9.17, 15) is 10.2 Å². The van der Waals surface area contributed by atoms with E-state index in [0.717, 1.165) is 17.7 Å². The molecule has 0 saturated heterocycles.